The van der Waals surface area contributed by atoms with Crippen molar-refractivity contribution in [3.8, 4) is 0 Å². The Labute approximate surface area is 155 Å². The average Bonchev–Trinajstić information content (AvgIpc) is 2.55. The lowest BCUT2D eigenvalue weighted by atomic mass is 9.95. The maximum absolute atomic E-state index is 12.2. The highest BCUT2D eigenvalue weighted by Crippen LogP contribution is 2.19. The number of carbonyl (C=O) groups is 2. The molecule has 0 aliphatic carbocycles. The fraction of sp³-hybridized carbons (Fsp3) is 0.562. The van der Waals surface area contributed by atoms with E-state index in [2.05, 4.69) is 10.3 Å². The fourth-order valence-corrected chi connectivity index (χ4v) is 2.54. The van der Waals surface area contributed by atoms with E-state index in [1.54, 1.807) is 17.2 Å². The van der Waals surface area contributed by atoms with Gasteiger partial charge in [-0.25, -0.2) is 4.98 Å². The predicted octanol–water partition coefficient (Wildman–Crippen LogP) is 2.15. The van der Waals surface area contributed by atoms with E-state index in [1.165, 1.54) is 0 Å². The van der Waals surface area contributed by atoms with E-state index in [-0.39, 0.29) is 42.5 Å². The highest BCUT2D eigenvalue weighted by atomic mass is 35.5. The molecule has 2 rings (SSSR count). The highest BCUT2D eigenvalue weighted by Gasteiger charge is 2.29. The standard InChI is InChI=1S/C16H24N4O2.2ClH/c1-3-13(17)16(22)20-8-6-12(7-9-20)15(21)19-14-5-4-11(2)10-18-14;;/h4-5,10,12-13H,3,6-9,17H2,1-2H3,(H,18,19,21);2*1H/t13-;;/m0../s1. The molecular formula is C16H26Cl2N4O2. The molecule has 136 valence electrons. The monoisotopic (exact) mass is 376 g/mol. The Morgan fingerprint density at radius 1 is 1.33 bits per heavy atom. The lowest BCUT2D eigenvalue weighted by Gasteiger charge is -2.32. The van der Waals surface area contributed by atoms with Crippen molar-refractivity contribution in [1.29, 1.82) is 0 Å². The second-order valence-corrected chi connectivity index (χ2v) is 5.82. The van der Waals surface area contributed by atoms with Crippen molar-refractivity contribution in [2.24, 2.45) is 11.7 Å². The summed E-state index contributed by atoms with van der Waals surface area (Å²) >= 11 is 0. The Hall–Kier alpha value is -1.37. The summed E-state index contributed by atoms with van der Waals surface area (Å²) in [6, 6.07) is 3.28. The zero-order valence-electron chi connectivity index (χ0n) is 14.0. The number of likely N-dealkylation sites (tertiary alicyclic amines) is 1. The molecule has 1 aliphatic rings. The van der Waals surface area contributed by atoms with Gasteiger partial charge in [-0.1, -0.05) is 13.0 Å². The highest BCUT2D eigenvalue weighted by molar-refractivity contribution is 5.92. The van der Waals surface area contributed by atoms with Crippen LogP contribution >= 0.6 is 24.8 Å². The quantitative estimate of drug-likeness (QED) is 0.842. The molecule has 3 N–H and O–H groups in total. The molecule has 0 bridgehead atoms. The minimum absolute atomic E-state index is 0. The maximum atomic E-state index is 12.2. The molecule has 1 saturated heterocycles. The van der Waals surface area contributed by atoms with Gasteiger partial charge >= 0.3 is 0 Å². The number of halogens is 2. The van der Waals surface area contributed by atoms with Gasteiger partial charge in [0.25, 0.3) is 0 Å². The number of rotatable bonds is 4. The van der Waals surface area contributed by atoms with Crippen molar-refractivity contribution in [1.82, 2.24) is 9.88 Å². The van der Waals surface area contributed by atoms with E-state index in [9.17, 15) is 9.59 Å². The molecule has 1 fully saturated rings. The molecule has 2 amide bonds. The zero-order chi connectivity index (χ0) is 16.1. The first kappa shape index (κ1) is 22.6. The molecule has 0 unspecified atom stereocenters. The minimum atomic E-state index is -0.429. The number of aryl methyl sites for hydroxylation is 1. The number of anilines is 1. The van der Waals surface area contributed by atoms with Crippen LogP contribution in [0.5, 0.6) is 0 Å². The number of hydrogen-bond acceptors (Lipinski definition) is 4. The van der Waals surface area contributed by atoms with Crippen LogP contribution in [0.2, 0.25) is 0 Å². The van der Waals surface area contributed by atoms with Gasteiger partial charge in [0.1, 0.15) is 5.82 Å². The van der Waals surface area contributed by atoms with Gasteiger partial charge in [-0.3, -0.25) is 9.59 Å². The van der Waals surface area contributed by atoms with E-state index in [1.807, 2.05) is 19.9 Å². The van der Waals surface area contributed by atoms with Crippen LogP contribution in [0.25, 0.3) is 0 Å². The first-order valence-corrected chi connectivity index (χ1v) is 7.79. The predicted molar refractivity (Wildman–Crippen MR) is 99.7 cm³/mol. The van der Waals surface area contributed by atoms with Gasteiger partial charge in [0, 0.05) is 25.2 Å². The van der Waals surface area contributed by atoms with Crippen molar-refractivity contribution >= 4 is 42.4 Å². The molecule has 8 heteroatoms. The molecule has 0 spiro atoms. The van der Waals surface area contributed by atoms with E-state index < -0.39 is 6.04 Å². The van der Waals surface area contributed by atoms with Crippen LogP contribution in [0.3, 0.4) is 0 Å². The van der Waals surface area contributed by atoms with Crippen LogP contribution < -0.4 is 11.1 Å². The largest absolute Gasteiger partial charge is 0.341 e. The fourth-order valence-electron chi connectivity index (χ4n) is 2.54. The summed E-state index contributed by atoms with van der Waals surface area (Å²) in [6.07, 6.45) is 3.70. The summed E-state index contributed by atoms with van der Waals surface area (Å²) in [5, 5.41) is 2.84. The normalized spacial score (nSPS) is 15.7. The summed E-state index contributed by atoms with van der Waals surface area (Å²) in [4.78, 5) is 30.2. The summed E-state index contributed by atoms with van der Waals surface area (Å²) in [6.45, 7) is 5.03. The van der Waals surface area contributed by atoms with Crippen LogP contribution in [0, 0.1) is 12.8 Å². The molecule has 2 heterocycles. The van der Waals surface area contributed by atoms with Gasteiger partial charge < -0.3 is 16.0 Å². The van der Waals surface area contributed by atoms with E-state index in [4.69, 9.17) is 5.73 Å². The number of nitrogens with zero attached hydrogens (tertiary/aromatic N) is 2. The van der Waals surface area contributed by atoms with Crippen molar-refractivity contribution in [2.45, 2.75) is 39.2 Å². The number of piperidine rings is 1. The molecule has 1 aromatic heterocycles. The molecule has 1 aromatic rings. The van der Waals surface area contributed by atoms with E-state index >= 15 is 0 Å². The number of hydrogen-bond donors (Lipinski definition) is 2. The molecule has 0 radical (unpaired) electrons. The van der Waals surface area contributed by atoms with Gasteiger partial charge in [0.15, 0.2) is 0 Å². The first-order chi connectivity index (χ1) is 10.5. The van der Waals surface area contributed by atoms with Gasteiger partial charge in [-0.15, -0.1) is 24.8 Å². The van der Waals surface area contributed by atoms with Crippen molar-refractivity contribution < 1.29 is 9.59 Å². The van der Waals surface area contributed by atoms with Crippen molar-refractivity contribution in [3.63, 3.8) is 0 Å². The molecular weight excluding hydrogens is 351 g/mol. The first-order valence-electron chi connectivity index (χ1n) is 7.79. The topological polar surface area (TPSA) is 88.3 Å². The summed E-state index contributed by atoms with van der Waals surface area (Å²) in [5.41, 5.74) is 6.83. The molecule has 0 saturated carbocycles. The average molecular weight is 377 g/mol. The zero-order valence-corrected chi connectivity index (χ0v) is 15.7. The lowest BCUT2D eigenvalue weighted by molar-refractivity contribution is -0.135. The number of carbonyl (C=O) groups excluding carboxylic acids is 2. The van der Waals surface area contributed by atoms with E-state index in [0.717, 1.165) is 5.56 Å². The Bertz CT molecular complexity index is 531. The molecule has 1 aliphatic heterocycles. The molecule has 24 heavy (non-hydrogen) atoms. The summed E-state index contributed by atoms with van der Waals surface area (Å²) in [5.74, 6) is 0.455. The molecule has 0 aromatic carbocycles. The van der Waals surface area contributed by atoms with Gasteiger partial charge in [-0.05, 0) is 37.8 Å². The Kier molecular flexibility index (Phi) is 9.89. The van der Waals surface area contributed by atoms with Crippen LogP contribution in [-0.4, -0.2) is 40.8 Å². The second kappa shape index (κ2) is 10.5. The summed E-state index contributed by atoms with van der Waals surface area (Å²) < 4.78 is 0. The Balaban J connectivity index is 0.00000264. The Morgan fingerprint density at radius 2 is 1.96 bits per heavy atom. The van der Waals surface area contributed by atoms with Crippen molar-refractivity contribution in [2.75, 3.05) is 18.4 Å². The third-order valence-corrected chi connectivity index (χ3v) is 4.10. The van der Waals surface area contributed by atoms with Gasteiger partial charge in [0.05, 0.1) is 6.04 Å². The number of amides is 2. The number of nitrogens with two attached hydrogens (primary N) is 1. The van der Waals surface area contributed by atoms with Crippen LogP contribution in [-0.2, 0) is 9.59 Å². The van der Waals surface area contributed by atoms with Gasteiger partial charge in [0.2, 0.25) is 11.8 Å². The smallest absolute Gasteiger partial charge is 0.239 e. The van der Waals surface area contributed by atoms with Crippen LogP contribution in [0.1, 0.15) is 31.7 Å². The third-order valence-electron chi connectivity index (χ3n) is 4.10. The van der Waals surface area contributed by atoms with Crippen molar-refractivity contribution in [3.05, 3.63) is 23.9 Å². The minimum Gasteiger partial charge on any atom is -0.341 e. The van der Waals surface area contributed by atoms with E-state index in [0.29, 0.717) is 38.2 Å². The summed E-state index contributed by atoms with van der Waals surface area (Å²) in [7, 11) is 0. The maximum Gasteiger partial charge on any atom is 0.239 e. The number of pyridine rings is 1. The lowest BCUT2D eigenvalue weighted by Crippen LogP contribution is -2.48. The number of nitrogens with one attached hydrogen (secondary N) is 1. The Morgan fingerprint density at radius 3 is 2.46 bits per heavy atom. The molecule has 6 nitrogen and oxygen atoms in total. The van der Waals surface area contributed by atoms with Crippen LogP contribution in [0.4, 0.5) is 5.82 Å². The third kappa shape index (κ3) is 5.92. The van der Waals surface area contributed by atoms with Crippen LogP contribution in [0.15, 0.2) is 18.3 Å². The second-order valence-electron chi connectivity index (χ2n) is 5.82. The SMILES string of the molecule is CC[C@H](N)C(=O)N1CCC(C(=O)Nc2ccc(C)cn2)CC1.Cl.Cl. The molecule has 1 atom stereocenters. The van der Waals surface area contributed by atoms with Gasteiger partial charge in [-0.2, -0.15) is 0 Å². The number of aromatic nitrogens is 1.